The Balaban J connectivity index is 1.56. The highest BCUT2D eigenvalue weighted by molar-refractivity contribution is 5.89. The van der Waals surface area contributed by atoms with Crippen LogP contribution in [0.25, 0.3) is 0 Å². The predicted octanol–water partition coefficient (Wildman–Crippen LogP) is 4.30. The molecule has 1 N–H and O–H groups in total. The summed E-state index contributed by atoms with van der Waals surface area (Å²) >= 11 is 0. The van der Waals surface area contributed by atoms with Gasteiger partial charge in [0.1, 0.15) is 18.3 Å². The van der Waals surface area contributed by atoms with E-state index in [1.54, 1.807) is 30.3 Å². The van der Waals surface area contributed by atoms with Crippen molar-refractivity contribution < 1.29 is 33.6 Å². The molecule has 4 rings (SSSR count). The summed E-state index contributed by atoms with van der Waals surface area (Å²) in [7, 11) is 0. The van der Waals surface area contributed by atoms with Crippen molar-refractivity contribution in [3.63, 3.8) is 0 Å². The molecule has 0 radical (unpaired) electrons. The smallest absolute Gasteiger partial charge is 0.338 e. The Kier molecular flexibility index (Phi) is 9.99. The van der Waals surface area contributed by atoms with Gasteiger partial charge in [0.15, 0.2) is 12.4 Å². The fourth-order valence-electron chi connectivity index (χ4n) is 4.12. The fourth-order valence-corrected chi connectivity index (χ4v) is 4.12. The molecule has 1 fully saturated rings. The summed E-state index contributed by atoms with van der Waals surface area (Å²) in [6, 6.07) is 28.0. The summed E-state index contributed by atoms with van der Waals surface area (Å²) in [6.07, 6.45) is -3.27. The van der Waals surface area contributed by atoms with Crippen LogP contribution in [0.15, 0.2) is 104 Å². The largest absolute Gasteiger partial charge is 0.453 e. The number of hydrogen-bond donors (Lipinski definition) is 1. The van der Waals surface area contributed by atoms with E-state index in [-0.39, 0.29) is 19.8 Å². The Morgan fingerprint density at radius 1 is 0.811 bits per heavy atom. The van der Waals surface area contributed by atoms with E-state index >= 15 is 0 Å². The van der Waals surface area contributed by atoms with E-state index in [4.69, 9.17) is 23.7 Å². The minimum absolute atomic E-state index is 0.110. The summed E-state index contributed by atoms with van der Waals surface area (Å²) in [5.41, 5.74) is 2.32. The molecule has 1 saturated heterocycles. The molecule has 0 saturated carbocycles. The fraction of sp³-hybridized carbons (Fsp3) is 0.300. The maximum Gasteiger partial charge on any atom is 0.338 e. The van der Waals surface area contributed by atoms with Crippen LogP contribution in [-0.2, 0) is 36.9 Å². The van der Waals surface area contributed by atoms with Crippen molar-refractivity contribution in [2.45, 2.75) is 43.9 Å². The molecule has 1 aliphatic rings. The molecule has 1 heterocycles. The van der Waals surface area contributed by atoms with Gasteiger partial charge in [0.25, 0.3) is 0 Å². The van der Waals surface area contributed by atoms with Gasteiger partial charge in [-0.2, -0.15) is 0 Å². The number of rotatable bonds is 12. The van der Waals surface area contributed by atoms with Crippen LogP contribution in [0.3, 0.4) is 0 Å². The number of hydrogen-bond acceptors (Lipinski definition) is 7. The van der Waals surface area contributed by atoms with Crippen molar-refractivity contribution in [2.24, 2.45) is 0 Å². The Labute approximate surface area is 217 Å². The quantitative estimate of drug-likeness (QED) is 0.291. The third-order valence-electron chi connectivity index (χ3n) is 5.95. The zero-order chi connectivity index (χ0) is 25.9. The molecule has 7 heteroatoms. The van der Waals surface area contributed by atoms with Crippen molar-refractivity contribution in [1.29, 1.82) is 0 Å². The normalized spacial score (nSPS) is 23.3. The van der Waals surface area contributed by atoms with E-state index in [9.17, 15) is 9.90 Å². The Morgan fingerprint density at radius 2 is 1.41 bits per heavy atom. The van der Waals surface area contributed by atoms with Gasteiger partial charge < -0.3 is 28.8 Å². The molecule has 0 amide bonds. The Morgan fingerprint density at radius 3 is 2.03 bits per heavy atom. The molecule has 194 valence electrons. The van der Waals surface area contributed by atoms with Crippen molar-refractivity contribution in [2.75, 3.05) is 13.2 Å². The molecule has 3 aromatic rings. The van der Waals surface area contributed by atoms with Crippen LogP contribution in [-0.4, -0.2) is 55.0 Å². The number of carbonyl (C=O) groups is 1. The van der Waals surface area contributed by atoms with Crippen LogP contribution in [0, 0.1) is 0 Å². The lowest BCUT2D eigenvalue weighted by atomic mass is 9.98. The van der Waals surface area contributed by atoms with E-state index in [0.717, 1.165) is 11.1 Å². The first kappa shape index (κ1) is 26.7. The van der Waals surface area contributed by atoms with Gasteiger partial charge >= 0.3 is 5.97 Å². The molecular formula is C30H32O7. The number of carbonyl (C=O) groups excluding carboxylic acids is 1. The average Bonchev–Trinajstić information content (AvgIpc) is 2.94. The lowest BCUT2D eigenvalue weighted by molar-refractivity contribution is -0.304. The van der Waals surface area contributed by atoms with Gasteiger partial charge in [-0.05, 0) is 23.3 Å². The van der Waals surface area contributed by atoms with E-state index in [1.165, 1.54) is 0 Å². The maximum absolute atomic E-state index is 13.1. The zero-order valence-corrected chi connectivity index (χ0v) is 20.6. The van der Waals surface area contributed by atoms with Gasteiger partial charge in [0.05, 0.1) is 32.0 Å². The first-order valence-electron chi connectivity index (χ1n) is 12.2. The third kappa shape index (κ3) is 7.58. The Hall–Kier alpha value is -3.33. The van der Waals surface area contributed by atoms with Gasteiger partial charge in [0.2, 0.25) is 0 Å². The monoisotopic (exact) mass is 504 g/mol. The standard InChI is InChI=1S/C30H32O7/c1-2-18-34-28-27(37-29(31)24-16-10-5-11-17-24)26(35-20-23-14-8-4-9-15-23)25(36-30(28)32)21-33-19-22-12-6-3-7-13-22/h2-17,25-28,30,32H,1,18-21H2/t25-,26-,27+,28+,30+/m1/s1. The van der Waals surface area contributed by atoms with E-state index < -0.39 is 36.7 Å². The van der Waals surface area contributed by atoms with Gasteiger partial charge in [-0.3, -0.25) is 0 Å². The second-order valence-electron chi connectivity index (χ2n) is 8.65. The molecule has 5 atom stereocenters. The maximum atomic E-state index is 13.1. The van der Waals surface area contributed by atoms with Crippen LogP contribution >= 0.6 is 0 Å². The zero-order valence-electron chi connectivity index (χ0n) is 20.6. The molecule has 0 aliphatic carbocycles. The summed E-state index contributed by atoms with van der Waals surface area (Å²) < 4.78 is 29.9. The van der Waals surface area contributed by atoms with Gasteiger partial charge in [-0.15, -0.1) is 6.58 Å². The number of aliphatic hydroxyl groups is 1. The van der Waals surface area contributed by atoms with Gasteiger partial charge in [0, 0.05) is 0 Å². The second kappa shape index (κ2) is 13.8. The van der Waals surface area contributed by atoms with Crippen LogP contribution in [0.4, 0.5) is 0 Å². The molecule has 1 aliphatic heterocycles. The molecular weight excluding hydrogens is 472 g/mol. The number of esters is 1. The topological polar surface area (TPSA) is 83.5 Å². The summed E-state index contributed by atoms with van der Waals surface area (Å²) in [5, 5.41) is 10.9. The van der Waals surface area contributed by atoms with Crippen LogP contribution in [0.2, 0.25) is 0 Å². The highest BCUT2D eigenvalue weighted by atomic mass is 16.7. The number of benzene rings is 3. The van der Waals surface area contributed by atoms with Crippen LogP contribution in [0.1, 0.15) is 21.5 Å². The minimum atomic E-state index is -1.37. The molecule has 37 heavy (non-hydrogen) atoms. The van der Waals surface area contributed by atoms with Gasteiger partial charge in [-0.25, -0.2) is 4.79 Å². The predicted molar refractivity (Wildman–Crippen MR) is 138 cm³/mol. The highest BCUT2D eigenvalue weighted by Gasteiger charge is 2.49. The molecule has 7 nitrogen and oxygen atoms in total. The molecule has 0 bridgehead atoms. The average molecular weight is 505 g/mol. The summed E-state index contributed by atoms with van der Waals surface area (Å²) in [4.78, 5) is 13.1. The lowest BCUT2D eigenvalue weighted by Crippen LogP contribution is -2.61. The van der Waals surface area contributed by atoms with Crippen LogP contribution in [0.5, 0.6) is 0 Å². The molecule has 3 aromatic carbocycles. The first-order chi connectivity index (χ1) is 18.2. The van der Waals surface area contributed by atoms with E-state index in [2.05, 4.69) is 6.58 Å². The van der Waals surface area contributed by atoms with E-state index in [0.29, 0.717) is 12.2 Å². The first-order valence-corrected chi connectivity index (χ1v) is 12.2. The van der Waals surface area contributed by atoms with Crippen molar-refractivity contribution in [3.05, 3.63) is 120 Å². The van der Waals surface area contributed by atoms with Crippen molar-refractivity contribution in [3.8, 4) is 0 Å². The molecule has 0 aromatic heterocycles. The minimum Gasteiger partial charge on any atom is -0.453 e. The Bertz CT molecular complexity index is 1090. The van der Waals surface area contributed by atoms with Crippen LogP contribution < -0.4 is 0 Å². The summed E-state index contributed by atoms with van der Waals surface area (Å²) in [6.45, 7) is 4.51. The number of aliphatic hydroxyl groups excluding tert-OH is 1. The second-order valence-corrected chi connectivity index (χ2v) is 8.65. The SMILES string of the molecule is C=CCO[C@H]1[C@@H](OC(=O)c2ccccc2)[C@H](OCc2ccccc2)[C@@H](COCc2ccccc2)O[C@@H]1O. The number of ether oxygens (including phenoxy) is 5. The third-order valence-corrected chi connectivity index (χ3v) is 5.95. The van der Waals surface area contributed by atoms with Crippen molar-refractivity contribution >= 4 is 5.97 Å². The highest BCUT2D eigenvalue weighted by Crippen LogP contribution is 2.29. The van der Waals surface area contributed by atoms with Gasteiger partial charge in [-0.1, -0.05) is 84.9 Å². The molecule has 0 unspecified atom stereocenters. The van der Waals surface area contributed by atoms with E-state index in [1.807, 2.05) is 66.7 Å². The van der Waals surface area contributed by atoms with Crippen molar-refractivity contribution in [1.82, 2.24) is 0 Å². The summed E-state index contributed by atoms with van der Waals surface area (Å²) in [5.74, 6) is -0.552. The molecule has 0 spiro atoms. The lowest BCUT2D eigenvalue weighted by Gasteiger charge is -2.43.